The normalized spacial score (nSPS) is 16.9. The first-order chi connectivity index (χ1) is 31.5. The molecule has 356 valence electrons. The number of nitrogens with zero attached hydrogens (tertiary/aromatic N) is 2. The first kappa shape index (κ1) is 49.4. The molecule has 3 amide bonds. The van der Waals surface area contributed by atoms with Crippen LogP contribution in [0.1, 0.15) is 64.7 Å². The highest BCUT2D eigenvalue weighted by molar-refractivity contribution is 7.91. The van der Waals surface area contributed by atoms with Crippen LogP contribution in [0, 0.1) is 5.92 Å². The molecule has 0 bridgehead atoms. The van der Waals surface area contributed by atoms with Gasteiger partial charge in [-0.05, 0) is 70.4 Å². The Labute approximate surface area is 387 Å². The number of fused-ring (bicyclic) bond motifs is 2. The van der Waals surface area contributed by atoms with E-state index in [1.165, 1.54) is 21.5 Å². The van der Waals surface area contributed by atoms with Gasteiger partial charge in [0.1, 0.15) is 35.9 Å². The van der Waals surface area contributed by atoms with Crippen molar-refractivity contribution in [2.24, 2.45) is 5.92 Å². The number of aromatic nitrogens is 2. The Balaban J connectivity index is 1.21. The second kappa shape index (κ2) is 20.2. The predicted octanol–water partition coefficient (Wildman–Crippen LogP) is 5.39. The van der Waals surface area contributed by atoms with Crippen molar-refractivity contribution in [1.29, 1.82) is 0 Å². The lowest BCUT2D eigenvalue weighted by Crippen LogP contribution is -2.58. The Morgan fingerprint density at radius 3 is 1.73 bits per heavy atom. The zero-order valence-corrected chi connectivity index (χ0v) is 39.1. The van der Waals surface area contributed by atoms with Gasteiger partial charge in [-0.3, -0.25) is 23.5 Å². The van der Waals surface area contributed by atoms with Gasteiger partial charge in [0.15, 0.2) is 15.6 Å². The van der Waals surface area contributed by atoms with E-state index in [2.05, 4.69) is 16.0 Å². The summed E-state index contributed by atoms with van der Waals surface area (Å²) in [5, 5.41) is 8.74. The van der Waals surface area contributed by atoms with Crippen molar-refractivity contribution in [2.75, 3.05) is 18.6 Å². The van der Waals surface area contributed by atoms with Crippen LogP contribution in [0.5, 0.6) is 0 Å². The van der Waals surface area contributed by atoms with E-state index in [1.807, 2.05) is 0 Å². The number of methoxy groups -OCH3 is 1. The number of sulfone groups is 1. The molecule has 1 aliphatic heterocycles. The summed E-state index contributed by atoms with van der Waals surface area (Å²) >= 11 is 0. The molecule has 1 aliphatic rings. The molecule has 3 aromatic carbocycles. The Kier molecular flexibility index (Phi) is 14.9. The van der Waals surface area contributed by atoms with E-state index >= 15 is 0 Å². The Morgan fingerprint density at radius 2 is 1.21 bits per heavy atom. The van der Waals surface area contributed by atoms with Gasteiger partial charge in [0, 0.05) is 48.3 Å². The first-order valence-electron chi connectivity index (χ1n) is 21.5. The molecule has 6 rings (SSSR count). The van der Waals surface area contributed by atoms with E-state index < -0.39 is 105 Å². The van der Waals surface area contributed by atoms with Crippen LogP contribution in [0.3, 0.4) is 0 Å². The van der Waals surface area contributed by atoms with Gasteiger partial charge in [-0.1, -0.05) is 66.7 Å². The molecular weight excluding hydrogens is 887 g/mol. The highest BCUT2D eigenvalue weighted by atomic mass is 32.2. The number of nitrogens with one attached hydrogen (secondary N) is 3. The molecule has 2 aromatic heterocycles. The number of Topliss-reactive ketones (excluding diaryl/α,β-unsaturated/α-hetero) is 1. The number of benzene rings is 3. The standard InChI is InChI=1S/C48H55N5O13S/c1-47(2,3)65-45(59)52-24-30(33-17-11-13-19-38(33)52)21-35(51-44(58)64-26-29-15-9-8-10-16-29)42(56)50-37-28-67(61,62)27-32(41(37)55)23-40(54)49-36(43(57)63-7)22-31-25-53(46(60)66-48(4,5)6)39-20-14-12-18-34(31)39/h8-20,24-25,32,35-37H,21-23,26-28H2,1-7H3,(H,49,54)(H,50,56)(H,51,58)/t32-,35-,36-,37+/m0/s1. The van der Waals surface area contributed by atoms with Crippen LogP contribution < -0.4 is 16.0 Å². The number of hydrogen-bond donors (Lipinski definition) is 3. The van der Waals surface area contributed by atoms with Gasteiger partial charge in [-0.15, -0.1) is 0 Å². The van der Waals surface area contributed by atoms with Gasteiger partial charge in [-0.25, -0.2) is 27.6 Å². The van der Waals surface area contributed by atoms with Gasteiger partial charge in [-0.2, -0.15) is 0 Å². The highest BCUT2D eigenvalue weighted by Gasteiger charge is 2.42. The van der Waals surface area contributed by atoms with Crippen LogP contribution in [0.4, 0.5) is 14.4 Å². The van der Waals surface area contributed by atoms with E-state index in [9.17, 15) is 42.0 Å². The van der Waals surface area contributed by atoms with Crippen molar-refractivity contribution in [3.8, 4) is 0 Å². The molecule has 0 saturated carbocycles. The minimum Gasteiger partial charge on any atom is -0.467 e. The average Bonchev–Trinajstić information content (AvgIpc) is 3.81. The Bertz CT molecular complexity index is 2800. The SMILES string of the molecule is COC(=O)[C@H](Cc1cn(C(=O)OC(C)(C)C)c2ccccc12)NC(=O)C[C@H]1CS(=O)(=O)C[C@@H](NC(=O)[C@H](Cc2cn(C(=O)OC(C)(C)C)c3ccccc23)NC(=O)OCc2ccccc2)C1=O. The maximum Gasteiger partial charge on any atom is 0.419 e. The third-order valence-corrected chi connectivity index (χ3v) is 12.4. The summed E-state index contributed by atoms with van der Waals surface area (Å²) in [6.07, 6.45) is -0.444. The molecule has 18 nitrogen and oxygen atoms in total. The highest BCUT2D eigenvalue weighted by Crippen LogP contribution is 2.27. The molecule has 0 aliphatic carbocycles. The van der Waals surface area contributed by atoms with Crippen molar-refractivity contribution in [2.45, 2.75) is 96.7 Å². The van der Waals surface area contributed by atoms with E-state index in [0.29, 0.717) is 38.5 Å². The molecule has 1 saturated heterocycles. The number of hydrogen-bond acceptors (Lipinski definition) is 13. The predicted molar refractivity (Wildman–Crippen MR) is 246 cm³/mol. The monoisotopic (exact) mass is 941 g/mol. The number of carbonyl (C=O) groups excluding carboxylic acids is 7. The first-order valence-corrected chi connectivity index (χ1v) is 23.4. The number of alkyl carbamates (subject to hydrolysis) is 1. The summed E-state index contributed by atoms with van der Waals surface area (Å²) in [7, 11) is -2.94. The zero-order valence-electron chi connectivity index (χ0n) is 38.3. The number of rotatable bonds is 13. The van der Waals surface area contributed by atoms with Gasteiger partial charge in [0.2, 0.25) is 11.8 Å². The molecule has 1 fully saturated rings. The number of para-hydroxylation sites is 2. The second-order valence-electron chi connectivity index (χ2n) is 18.3. The summed E-state index contributed by atoms with van der Waals surface area (Å²) < 4.78 is 50.8. The van der Waals surface area contributed by atoms with Crippen molar-refractivity contribution in [1.82, 2.24) is 25.1 Å². The third-order valence-electron chi connectivity index (χ3n) is 10.6. The van der Waals surface area contributed by atoms with Gasteiger partial charge >= 0.3 is 24.2 Å². The molecule has 4 atom stereocenters. The fraction of sp³-hybridized carbons (Fsp3) is 0.396. The molecule has 0 spiro atoms. The van der Waals surface area contributed by atoms with Gasteiger partial charge in [0.05, 0.1) is 29.6 Å². The van der Waals surface area contributed by atoms with Crippen LogP contribution in [-0.2, 0) is 67.4 Å². The molecule has 0 radical (unpaired) electrons. The van der Waals surface area contributed by atoms with Crippen LogP contribution in [0.2, 0.25) is 0 Å². The molecule has 5 aromatic rings. The second-order valence-corrected chi connectivity index (χ2v) is 20.4. The fourth-order valence-corrected chi connectivity index (χ4v) is 9.53. The molecule has 0 unspecified atom stereocenters. The Hall–Kier alpha value is -7.02. The fourth-order valence-electron chi connectivity index (χ4n) is 7.74. The van der Waals surface area contributed by atoms with Crippen LogP contribution >= 0.6 is 0 Å². The number of amides is 3. The van der Waals surface area contributed by atoms with Crippen LogP contribution in [0.25, 0.3) is 21.8 Å². The van der Waals surface area contributed by atoms with E-state index in [-0.39, 0.29) is 19.4 Å². The lowest BCUT2D eigenvalue weighted by atomic mass is 9.95. The maximum absolute atomic E-state index is 14.2. The zero-order chi connectivity index (χ0) is 48.8. The van der Waals surface area contributed by atoms with Crippen molar-refractivity contribution in [3.05, 3.63) is 108 Å². The van der Waals surface area contributed by atoms with E-state index in [4.69, 9.17) is 18.9 Å². The lowest BCUT2D eigenvalue weighted by Gasteiger charge is -2.30. The third kappa shape index (κ3) is 12.9. The largest absolute Gasteiger partial charge is 0.467 e. The topological polar surface area (TPSA) is 236 Å². The molecule has 19 heteroatoms. The smallest absolute Gasteiger partial charge is 0.419 e. The molecule has 3 N–H and O–H groups in total. The van der Waals surface area contributed by atoms with Crippen LogP contribution in [0.15, 0.2) is 91.3 Å². The summed E-state index contributed by atoms with van der Waals surface area (Å²) in [6.45, 7) is 10.2. The number of carbonyl (C=O) groups is 7. The van der Waals surface area contributed by atoms with Crippen LogP contribution in [-0.4, -0.2) is 107 Å². The molecule has 67 heavy (non-hydrogen) atoms. The summed E-state index contributed by atoms with van der Waals surface area (Å²) in [5.41, 5.74) is 0.873. The maximum atomic E-state index is 14.2. The lowest BCUT2D eigenvalue weighted by molar-refractivity contribution is -0.145. The number of ketones is 1. The van der Waals surface area contributed by atoms with Crippen molar-refractivity contribution in [3.63, 3.8) is 0 Å². The minimum absolute atomic E-state index is 0.145. The van der Waals surface area contributed by atoms with Gasteiger partial charge < -0.3 is 34.9 Å². The van der Waals surface area contributed by atoms with Crippen molar-refractivity contribution < 1.29 is 60.9 Å². The average molecular weight is 942 g/mol. The molecule has 3 heterocycles. The van der Waals surface area contributed by atoms with E-state index in [0.717, 1.165) is 7.11 Å². The quantitative estimate of drug-likeness (QED) is 0.0994. The molecular formula is C48H55N5O13S. The van der Waals surface area contributed by atoms with Crippen molar-refractivity contribution >= 4 is 73.5 Å². The van der Waals surface area contributed by atoms with Gasteiger partial charge in [0.25, 0.3) is 0 Å². The summed E-state index contributed by atoms with van der Waals surface area (Å²) in [6, 6.07) is 18.1. The summed E-state index contributed by atoms with van der Waals surface area (Å²) in [4.78, 5) is 94.6. The Morgan fingerprint density at radius 1 is 0.701 bits per heavy atom. The van der Waals surface area contributed by atoms with E-state index in [1.54, 1.807) is 120 Å². The minimum atomic E-state index is -4.06. The summed E-state index contributed by atoms with van der Waals surface area (Å²) in [5.74, 6) is -6.34. The number of ether oxygens (including phenoxy) is 4. The number of esters is 1.